The Morgan fingerprint density at radius 1 is 1.14 bits per heavy atom. The highest BCUT2D eigenvalue weighted by atomic mass is 16.5. The Morgan fingerprint density at radius 2 is 2.00 bits per heavy atom. The van der Waals surface area contributed by atoms with Crippen molar-refractivity contribution in [1.82, 2.24) is 0 Å². The van der Waals surface area contributed by atoms with E-state index in [0.717, 1.165) is 24.3 Å². The second-order valence-electron chi connectivity index (χ2n) is 5.08. The van der Waals surface area contributed by atoms with Gasteiger partial charge < -0.3 is 19.9 Å². The first-order chi connectivity index (χ1) is 10.3. The van der Waals surface area contributed by atoms with Crippen molar-refractivity contribution in [2.45, 2.75) is 19.1 Å². The van der Waals surface area contributed by atoms with E-state index in [1.807, 2.05) is 48.5 Å². The van der Waals surface area contributed by atoms with Gasteiger partial charge in [-0.2, -0.15) is 0 Å². The normalized spacial score (nSPS) is 17.6. The van der Waals surface area contributed by atoms with Crippen LogP contribution in [0.3, 0.4) is 0 Å². The molecule has 2 aromatic rings. The number of nitrogen functional groups attached to an aromatic ring is 1. The summed E-state index contributed by atoms with van der Waals surface area (Å²) < 4.78 is 17.0. The third-order valence-electron chi connectivity index (χ3n) is 3.41. The van der Waals surface area contributed by atoms with Crippen LogP contribution in [0, 0.1) is 0 Å². The summed E-state index contributed by atoms with van der Waals surface area (Å²) in [5.41, 5.74) is 7.67. The lowest BCUT2D eigenvalue weighted by Gasteiger charge is -2.14. The Morgan fingerprint density at radius 3 is 2.76 bits per heavy atom. The van der Waals surface area contributed by atoms with Crippen LogP contribution in [0.1, 0.15) is 12.0 Å². The Balaban J connectivity index is 1.66. The summed E-state index contributed by atoms with van der Waals surface area (Å²) in [5.74, 6) is 1.41. The van der Waals surface area contributed by atoms with Crippen molar-refractivity contribution in [1.29, 1.82) is 0 Å². The van der Waals surface area contributed by atoms with E-state index in [-0.39, 0.29) is 6.10 Å². The molecule has 0 bridgehead atoms. The minimum absolute atomic E-state index is 0.121. The first kappa shape index (κ1) is 13.8. The predicted molar refractivity (Wildman–Crippen MR) is 81.5 cm³/mol. The highest BCUT2D eigenvalue weighted by Gasteiger charge is 2.17. The molecule has 2 N–H and O–H groups in total. The molecule has 2 aromatic carbocycles. The van der Waals surface area contributed by atoms with Gasteiger partial charge in [0.15, 0.2) is 0 Å². The van der Waals surface area contributed by atoms with Crippen LogP contribution in [0.2, 0.25) is 0 Å². The van der Waals surface area contributed by atoms with Crippen molar-refractivity contribution in [2.75, 3.05) is 18.9 Å². The van der Waals surface area contributed by atoms with Crippen molar-refractivity contribution in [3.05, 3.63) is 54.1 Å². The van der Waals surface area contributed by atoms with Gasteiger partial charge in [-0.15, -0.1) is 0 Å². The summed E-state index contributed by atoms with van der Waals surface area (Å²) in [5, 5.41) is 0. The van der Waals surface area contributed by atoms with Crippen LogP contribution < -0.4 is 15.2 Å². The molecular formula is C17H19NO3. The van der Waals surface area contributed by atoms with E-state index in [9.17, 15) is 0 Å². The minimum atomic E-state index is 0.121. The summed E-state index contributed by atoms with van der Waals surface area (Å²) >= 11 is 0. The molecule has 0 spiro atoms. The molecule has 1 heterocycles. The van der Waals surface area contributed by atoms with E-state index in [4.69, 9.17) is 19.9 Å². The number of benzene rings is 2. The molecule has 4 nitrogen and oxygen atoms in total. The lowest BCUT2D eigenvalue weighted by atomic mass is 10.2. The molecule has 0 saturated carbocycles. The zero-order valence-corrected chi connectivity index (χ0v) is 11.8. The van der Waals surface area contributed by atoms with Crippen LogP contribution in [-0.4, -0.2) is 19.3 Å². The topological polar surface area (TPSA) is 53.7 Å². The first-order valence-corrected chi connectivity index (χ1v) is 7.12. The zero-order chi connectivity index (χ0) is 14.5. The molecule has 0 aliphatic carbocycles. The van der Waals surface area contributed by atoms with Crippen molar-refractivity contribution in [2.24, 2.45) is 0 Å². The van der Waals surface area contributed by atoms with E-state index in [1.165, 1.54) is 0 Å². The fourth-order valence-electron chi connectivity index (χ4n) is 2.25. The van der Waals surface area contributed by atoms with Gasteiger partial charge in [0.05, 0.1) is 18.9 Å². The second-order valence-corrected chi connectivity index (χ2v) is 5.08. The molecule has 4 heteroatoms. The largest absolute Gasteiger partial charge is 0.488 e. The number of hydrogen-bond donors (Lipinski definition) is 1. The molecule has 0 radical (unpaired) electrons. The number of hydrogen-bond acceptors (Lipinski definition) is 4. The predicted octanol–water partition coefficient (Wildman–Crippen LogP) is 3.02. The van der Waals surface area contributed by atoms with Gasteiger partial charge in [0.25, 0.3) is 0 Å². The van der Waals surface area contributed by atoms with Crippen LogP contribution in [0.5, 0.6) is 11.5 Å². The molecule has 21 heavy (non-hydrogen) atoms. The average Bonchev–Trinajstić information content (AvgIpc) is 3.02. The van der Waals surface area contributed by atoms with Gasteiger partial charge in [0, 0.05) is 12.5 Å². The smallest absolute Gasteiger partial charge is 0.146 e. The summed E-state index contributed by atoms with van der Waals surface area (Å²) in [4.78, 5) is 0. The first-order valence-electron chi connectivity index (χ1n) is 7.12. The van der Waals surface area contributed by atoms with Gasteiger partial charge in [0.1, 0.15) is 24.2 Å². The summed E-state index contributed by atoms with van der Waals surface area (Å²) in [7, 11) is 0. The lowest BCUT2D eigenvalue weighted by molar-refractivity contribution is 0.141. The average molecular weight is 285 g/mol. The van der Waals surface area contributed by atoms with Gasteiger partial charge in [-0.25, -0.2) is 0 Å². The lowest BCUT2D eigenvalue weighted by Crippen LogP contribution is -2.15. The molecule has 0 unspecified atom stereocenters. The summed E-state index contributed by atoms with van der Waals surface area (Å²) in [6.07, 6.45) is 1.04. The van der Waals surface area contributed by atoms with Crippen LogP contribution in [-0.2, 0) is 11.3 Å². The molecule has 1 atom stereocenters. The number of ether oxygens (including phenoxy) is 3. The quantitative estimate of drug-likeness (QED) is 0.858. The van der Waals surface area contributed by atoms with Crippen molar-refractivity contribution < 1.29 is 14.2 Å². The molecule has 0 aromatic heterocycles. The summed E-state index contributed by atoms with van der Waals surface area (Å²) in [6.45, 7) is 1.89. The third-order valence-corrected chi connectivity index (χ3v) is 3.41. The fourth-order valence-corrected chi connectivity index (χ4v) is 2.25. The monoisotopic (exact) mass is 285 g/mol. The van der Waals surface area contributed by atoms with Crippen molar-refractivity contribution >= 4 is 5.69 Å². The molecule has 3 rings (SSSR count). The van der Waals surface area contributed by atoms with Crippen LogP contribution >= 0.6 is 0 Å². The van der Waals surface area contributed by atoms with E-state index in [0.29, 0.717) is 24.7 Å². The minimum Gasteiger partial charge on any atom is -0.488 e. The van der Waals surface area contributed by atoms with Gasteiger partial charge in [0.2, 0.25) is 0 Å². The molecular weight excluding hydrogens is 266 g/mol. The van der Waals surface area contributed by atoms with E-state index < -0.39 is 0 Å². The molecule has 1 aliphatic rings. The Hall–Kier alpha value is -2.20. The van der Waals surface area contributed by atoms with Crippen molar-refractivity contribution in [3.8, 4) is 11.5 Å². The van der Waals surface area contributed by atoms with Crippen LogP contribution in [0.4, 0.5) is 5.69 Å². The Kier molecular flexibility index (Phi) is 4.26. The van der Waals surface area contributed by atoms with E-state index in [2.05, 4.69) is 0 Å². The van der Waals surface area contributed by atoms with Crippen LogP contribution in [0.25, 0.3) is 0 Å². The van der Waals surface area contributed by atoms with Crippen molar-refractivity contribution in [3.63, 3.8) is 0 Å². The molecule has 0 amide bonds. The fraction of sp³-hybridized carbons (Fsp3) is 0.294. The third kappa shape index (κ3) is 3.67. The number of anilines is 1. The number of nitrogens with two attached hydrogens (primary N) is 1. The van der Waals surface area contributed by atoms with Crippen LogP contribution in [0.15, 0.2) is 48.5 Å². The Bertz CT molecular complexity index is 580. The maximum Gasteiger partial charge on any atom is 0.146 e. The van der Waals surface area contributed by atoms with Gasteiger partial charge in [-0.05, 0) is 17.7 Å². The molecule has 1 aliphatic heterocycles. The highest BCUT2D eigenvalue weighted by Crippen LogP contribution is 2.29. The summed E-state index contributed by atoms with van der Waals surface area (Å²) in [6, 6.07) is 15.5. The van der Waals surface area contributed by atoms with Gasteiger partial charge >= 0.3 is 0 Å². The standard InChI is InChI=1S/C17H19NO3/c18-16-7-6-14(21-15-8-9-19-12-15)10-17(16)20-11-13-4-2-1-3-5-13/h1-7,10,15H,8-9,11-12,18H2/t15-/m0/s1. The number of rotatable bonds is 5. The molecule has 110 valence electrons. The van der Waals surface area contributed by atoms with Gasteiger partial charge in [-0.1, -0.05) is 30.3 Å². The maximum absolute atomic E-state index is 5.96. The zero-order valence-electron chi connectivity index (χ0n) is 11.8. The highest BCUT2D eigenvalue weighted by molar-refractivity contribution is 5.55. The SMILES string of the molecule is Nc1ccc(O[C@H]2CCOC2)cc1OCc1ccccc1. The second kappa shape index (κ2) is 6.50. The molecule has 1 fully saturated rings. The van der Waals surface area contributed by atoms with E-state index >= 15 is 0 Å². The van der Waals surface area contributed by atoms with E-state index in [1.54, 1.807) is 0 Å². The van der Waals surface area contributed by atoms with Gasteiger partial charge in [-0.3, -0.25) is 0 Å². The molecule has 1 saturated heterocycles. The maximum atomic E-state index is 5.96. The Labute approximate surface area is 124 Å².